The van der Waals surface area contributed by atoms with Crippen LogP contribution in [0.5, 0.6) is 5.75 Å². The summed E-state index contributed by atoms with van der Waals surface area (Å²) in [5.74, 6) is 0.910. The fourth-order valence-corrected chi connectivity index (χ4v) is 4.66. The molecule has 0 bridgehead atoms. The molecule has 1 aromatic carbocycles. The number of carbonyl (C=O) groups is 1. The van der Waals surface area contributed by atoms with E-state index in [1.165, 1.54) is 22.7 Å². The van der Waals surface area contributed by atoms with Crippen LogP contribution in [0.25, 0.3) is 0 Å². The Balaban J connectivity index is 1.74. The van der Waals surface area contributed by atoms with Crippen LogP contribution in [0.4, 0.5) is 14.5 Å². The summed E-state index contributed by atoms with van der Waals surface area (Å²) in [7, 11) is 0. The third-order valence-corrected chi connectivity index (χ3v) is 5.79. The van der Waals surface area contributed by atoms with E-state index in [4.69, 9.17) is 0 Å². The first kappa shape index (κ1) is 15.6. The Labute approximate surface area is 135 Å². The maximum absolute atomic E-state index is 12.5. The Morgan fingerprint density at radius 3 is 2.95 bits per heavy atom. The SMILES string of the molecule is O=C1C(SC2=NCCS2)CCN1c1ccccc1OC(F)F. The van der Waals surface area contributed by atoms with Crippen LogP contribution in [-0.4, -0.2) is 41.0 Å². The van der Waals surface area contributed by atoms with Gasteiger partial charge < -0.3 is 9.64 Å². The third kappa shape index (κ3) is 3.38. The van der Waals surface area contributed by atoms with Crippen molar-refractivity contribution in [3.63, 3.8) is 0 Å². The molecule has 1 unspecified atom stereocenters. The van der Waals surface area contributed by atoms with E-state index < -0.39 is 6.61 Å². The Kier molecular flexibility index (Phi) is 4.87. The van der Waals surface area contributed by atoms with Crippen molar-refractivity contribution in [3.8, 4) is 5.75 Å². The first-order valence-corrected chi connectivity index (χ1v) is 8.71. The molecule has 0 N–H and O–H groups in total. The largest absolute Gasteiger partial charge is 0.433 e. The first-order chi connectivity index (χ1) is 10.6. The maximum Gasteiger partial charge on any atom is 0.387 e. The molecule has 0 saturated carbocycles. The van der Waals surface area contributed by atoms with E-state index in [1.54, 1.807) is 30.0 Å². The average molecular weight is 344 g/mol. The topological polar surface area (TPSA) is 41.9 Å². The van der Waals surface area contributed by atoms with Crippen molar-refractivity contribution >= 4 is 39.5 Å². The number of nitrogens with zero attached hydrogens (tertiary/aromatic N) is 2. The van der Waals surface area contributed by atoms with Gasteiger partial charge in [-0.1, -0.05) is 35.7 Å². The van der Waals surface area contributed by atoms with E-state index in [9.17, 15) is 13.6 Å². The summed E-state index contributed by atoms with van der Waals surface area (Å²) in [6.45, 7) is -1.62. The number of benzene rings is 1. The summed E-state index contributed by atoms with van der Waals surface area (Å²) < 4.78 is 30.4. The highest BCUT2D eigenvalue weighted by Gasteiger charge is 2.36. The van der Waals surface area contributed by atoms with Crippen molar-refractivity contribution < 1.29 is 18.3 Å². The molecule has 1 atom stereocenters. The van der Waals surface area contributed by atoms with Crippen LogP contribution in [-0.2, 0) is 4.79 Å². The molecule has 0 aromatic heterocycles. The summed E-state index contributed by atoms with van der Waals surface area (Å²) >= 11 is 3.13. The number of ether oxygens (including phenoxy) is 1. The molecule has 118 valence electrons. The van der Waals surface area contributed by atoms with Crippen LogP contribution in [0.1, 0.15) is 6.42 Å². The average Bonchev–Trinajstić information content (AvgIpc) is 3.11. The van der Waals surface area contributed by atoms with Crippen molar-refractivity contribution in [2.24, 2.45) is 4.99 Å². The number of amides is 1. The first-order valence-electron chi connectivity index (χ1n) is 6.84. The van der Waals surface area contributed by atoms with Gasteiger partial charge in [0.15, 0.2) is 0 Å². The minimum absolute atomic E-state index is 0.0316. The molecule has 22 heavy (non-hydrogen) atoms. The molecule has 0 spiro atoms. The molecular formula is C14H14F2N2O2S2. The van der Waals surface area contributed by atoms with Gasteiger partial charge in [-0.05, 0) is 18.6 Å². The number of hydrogen-bond donors (Lipinski definition) is 0. The molecule has 0 radical (unpaired) electrons. The van der Waals surface area contributed by atoms with Gasteiger partial charge in [0.1, 0.15) is 10.1 Å². The van der Waals surface area contributed by atoms with Gasteiger partial charge in [-0.25, -0.2) is 0 Å². The highest BCUT2D eigenvalue weighted by Crippen LogP contribution is 2.37. The fraction of sp³-hybridized carbons (Fsp3) is 0.429. The number of rotatable bonds is 4. The Morgan fingerprint density at radius 2 is 2.23 bits per heavy atom. The lowest BCUT2D eigenvalue weighted by atomic mass is 10.2. The number of aliphatic imine (C=N–C) groups is 1. The van der Waals surface area contributed by atoms with Gasteiger partial charge in [0.25, 0.3) is 0 Å². The van der Waals surface area contributed by atoms with Crippen LogP contribution in [0.3, 0.4) is 0 Å². The highest BCUT2D eigenvalue weighted by molar-refractivity contribution is 8.39. The van der Waals surface area contributed by atoms with E-state index in [2.05, 4.69) is 9.73 Å². The Bertz CT molecular complexity index is 598. The number of halogens is 2. The van der Waals surface area contributed by atoms with Crippen molar-refractivity contribution in [3.05, 3.63) is 24.3 Å². The maximum atomic E-state index is 12.5. The fourth-order valence-electron chi connectivity index (χ4n) is 2.39. The van der Waals surface area contributed by atoms with E-state index in [1.807, 2.05) is 0 Å². The second-order valence-electron chi connectivity index (χ2n) is 4.73. The predicted molar refractivity (Wildman–Crippen MR) is 86.2 cm³/mol. The van der Waals surface area contributed by atoms with Gasteiger partial charge in [0.05, 0.1) is 17.5 Å². The lowest BCUT2D eigenvalue weighted by molar-refractivity contribution is -0.116. The van der Waals surface area contributed by atoms with Crippen LogP contribution in [0.2, 0.25) is 0 Å². The molecule has 3 rings (SSSR count). The van der Waals surface area contributed by atoms with E-state index in [-0.39, 0.29) is 16.9 Å². The summed E-state index contributed by atoms with van der Waals surface area (Å²) in [5.41, 5.74) is 0.400. The van der Waals surface area contributed by atoms with Crippen molar-refractivity contribution in [1.29, 1.82) is 0 Å². The Hall–Kier alpha value is -1.28. The van der Waals surface area contributed by atoms with Crippen LogP contribution < -0.4 is 9.64 Å². The van der Waals surface area contributed by atoms with Crippen LogP contribution in [0.15, 0.2) is 29.3 Å². The zero-order valence-corrected chi connectivity index (χ0v) is 13.2. The van der Waals surface area contributed by atoms with Crippen molar-refractivity contribution in [2.75, 3.05) is 23.7 Å². The minimum Gasteiger partial charge on any atom is -0.433 e. The minimum atomic E-state index is -2.91. The number of anilines is 1. The number of hydrogen-bond acceptors (Lipinski definition) is 5. The number of thioether (sulfide) groups is 2. The van der Waals surface area contributed by atoms with E-state index >= 15 is 0 Å². The number of para-hydroxylation sites is 2. The van der Waals surface area contributed by atoms with Crippen molar-refractivity contribution in [1.82, 2.24) is 0 Å². The van der Waals surface area contributed by atoms with Gasteiger partial charge >= 0.3 is 6.61 Å². The molecule has 1 fully saturated rings. The molecule has 2 aliphatic rings. The predicted octanol–water partition coefficient (Wildman–Crippen LogP) is 3.23. The quantitative estimate of drug-likeness (QED) is 0.841. The van der Waals surface area contributed by atoms with Gasteiger partial charge in [0.2, 0.25) is 5.91 Å². The summed E-state index contributed by atoms with van der Waals surface area (Å²) in [5, 5.41) is -0.205. The molecule has 0 aliphatic carbocycles. The van der Waals surface area contributed by atoms with E-state index in [0.29, 0.717) is 18.7 Å². The summed E-state index contributed by atoms with van der Waals surface area (Å²) in [6, 6.07) is 6.40. The molecule has 1 amide bonds. The van der Waals surface area contributed by atoms with Gasteiger partial charge in [0, 0.05) is 12.3 Å². The van der Waals surface area contributed by atoms with Crippen LogP contribution in [0, 0.1) is 0 Å². The van der Waals surface area contributed by atoms with Crippen LogP contribution >= 0.6 is 23.5 Å². The summed E-state index contributed by atoms with van der Waals surface area (Å²) in [6.07, 6.45) is 0.673. The number of alkyl halides is 2. The smallest absolute Gasteiger partial charge is 0.387 e. The lowest BCUT2D eigenvalue weighted by Gasteiger charge is -2.20. The third-order valence-electron chi connectivity index (χ3n) is 3.33. The summed E-state index contributed by atoms with van der Waals surface area (Å²) in [4.78, 5) is 18.4. The lowest BCUT2D eigenvalue weighted by Crippen LogP contribution is -2.29. The standard InChI is InChI=1S/C14H14F2N2O2S2/c15-13(16)20-10-4-2-1-3-9(10)18-7-5-11(12(18)19)22-14-17-6-8-21-14/h1-4,11,13H,5-8H2. The number of carbonyl (C=O) groups excluding carboxylic acids is 1. The normalized spacial score (nSPS) is 21.6. The zero-order valence-electron chi connectivity index (χ0n) is 11.6. The highest BCUT2D eigenvalue weighted by atomic mass is 32.2. The second kappa shape index (κ2) is 6.87. The molecule has 2 aliphatic heterocycles. The van der Waals surface area contributed by atoms with Gasteiger partial charge in [-0.2, -0.15) is 8.78 Å². The van der Waals surface area contributed by atoms with Gasteiger partial charge in [-0.15, -0.1) is 0 Å². The van der Waals surface area contributed by atoms with Crippen molar-refractivity contribution in [2.45, 2.75) is 18.3 Å². The van der Waals surface area contributed by atoms with E-state index in [0.717, 1.165) is 16.7 Å². The molecule has 2 heterocycles. The Morgan fingerprint density at radius 1 is 1.41 bits per heavy atom. The monoisotopic (exact) mass is 344 g/mol. The molecular weight excluding hydrogens is 330 g/mol. The molecule has 1 aromatic rings. The molecule has 1 saturated heterocycles. The van der Waals surface area contributed by atoms with Gasteiger partial charge in [-0.3, -0.25) is 9.79 Å². The molecule has 4 nitrogen and oxygen atoms in total. The zero-order chi connectivity index (χ0) is 15.5. The second-order valence-corrected chi connectivity index (χ2v) is 7.26. The molecule has 8 heteroatoms.